The van der Waals surface area contributed by atoms with Crippen molar-refractivity contribution < 1.29 is 4.79 Å². The number of carbonyl (C=O) groups is 1. The van der Waals surface area contributed by atoms with Gasteiger partial charge in [-0.25, -0.2) is 4.98 Å². The van der Waals surface area contributed by atoms with Gasteiger partial charge in [-0.1, -0.05) is 54.2 Å². The fraction of sp³-hybridized carbons (Fsp3) is 0.286. The van der Waals surface area contributed by atoms with Crippen molar-refractivity contribution in [2.45, 2.75) is 30.3 Å². The van der Waals surface area contributed by atoms with Crippen LogP contribution in [0.5, 0.6) is 0 Å². The maximum atomic E-state index is 13.0. The normalized spacial score (nSPS) is 12.3. The molecule has 5 nitrogen and oxygen atoms in total. The summed E-state index contributed by atoms with van der Waals surface area (Å²) >= 11 is 1.32. The van der Waals surface area contributed by atoms with Gasteiger partial charge in [-0.3, -0.25) is 14.2 Å². The summed E-state index contributed by atoms with van der Waals surface area (Å²) in [6.45, 7) is 3.90. The van der Waals surface area contributed by atoms with E-state index < -0.39 is 5.25 Å². The molecule has 0 saturated heterocycles. The molecule has 2 aromatic carbocycles. The van der Waals surface area contributed by atoms with Crippen LogP contribution < -0.4 is 5.56 Å². The average Bonchev–Trinajstić information content (AvgIpc) is 2.66. The molecule has 27 heavy (non-hydrogen) atoms. The zero-order valence-corrected chi connectivity index (χ0v) is 16.7. The molecule has 0 N–H and O–H groups in total. The van der Waals surface area contributed by atoms with E-state index in [0.717, 1.165) is 5.56 Å². The van der Waals surface area contributed by atoms with E-state index in [4.69, 9.17) is 4.98 Å². The van der Waals surface area contributed by atoms with Crippen LogP contribution in [-0.2, 0) is 4.79 Å². The SMILES string of the molecule is CC(C)n1c(SC(C(=O)N(C)C)c2ccccc2)nc2ccccc2c1=O. The number of para-hydroxylation sites is 1. The average molecular weight is 382 g/mol. The highest BCUT2D eigenvalue weighted by molar-refractivity contribution is 8.00. The molecule has 1 unspecified atom stereocenters. The number of nitrogens with zero attached hydrogens (tertiary/aromatic N) is 3. The number of aromatic nitrogens is 2. The van der Waals surface area contributed by atoms with Gasteiger partial charge in [0.1, 0.15) is 5.25 Å². The van der Waals surface area contributed by atoms with E-state index in [0.29, 0.717) is 16.1 Å². The summed E-state index contributed by atoms with van der Waals surface area (Å²) in [6.07, 6.45) is 0. The summed E-state index contributed by atoms with van der Waals surface area (Å²) in [7, 11) is 3.48. The maximum Gasteiger partial charge on any atom is 0.262 e. The molecule has 3 aromatic rings. The van der Waals surface area contributed by atoms with Gasteiger partial charge in [-0.2, -0.15) is 0 Å². The van der Waals surface area contributed by atoms with Crippen molar-refractivity contribution in [3.63, 3.8) is 0 Å². The van der Waals surface area contributed by atoms with E-state index in [9.17, 15) is 9.59 Å². The van der Waals surface area contributed by atoms with Crippen molar-refractivity contribution in [1.82, 2.24) is 14.5 Å². The van der Waals surface area contributed by atoms with Crippen molar-refractivity contribution >= 4 is 28.6 Å². The Labute approximate surface area is 163 Å². The number of fused-ring (bicyclic) bond motifs is 1. The standard InChI is InChI=1S/C21H23N3O2S/c1-14(2)24-19(25)16-12-8-9-13-17(16)22-21(24)27-18(20(26)23(3)4)15-10-6-5-7-11-15/h5-14,18H,1-4H3. The second-order valence-electron chi connectivity index (χ2n) is 6.82. The number of benzene rings is 2. The Balaban J connectivity index is 2.16. The smallest absolute Gasteiger partial charge is 0.262 e. The third-order valence-corrected chi connectivity index (χ3v) is 5.49. The van der Waals surface area contributed by atoms with Gasteiger partial charge in [0.2, 0.25) is 5.91 Å². The van der Waals surface area contributed by atoms with E-state index in [1.807, 2.05) is 62.4 Å². The zero-order valence-electron chi connectivity index (χ0n) is 15.9. The third kappa shape index (κ3) is 3.90. The first kappa shape index (κ1) is 19.2. The molecule has 0 aliphatic rings. The number of hydrogen-bond acceptors (Lipinski definition) is 4. The number of amides is 1. The van der Waals surface area contributed by atoms with Crippen LogP contribution >= 0.6 is 11.8 Å². The van der Waals surface area contributed by atoms with E-state index >= 15 is 0 Å². The van der Waals surface area contributed by atoms with Crippen molar-refractivity contribution in [2.24, 2.45) is 0 Å². The van der Waals surface area contributed by atoms with Crippen LogP contribution in [0, 0.1) is 0 Å². The van der Waals surface area contributed by atoms with Gasteiger partial charge < -0.3 is 4.90 Å². The Kier molecular flexibility index (Phi) is 5.65. The predicted molar refractivity (Wildman–Crippen MR) is 110 cm³/mol. The van der Waals surface area contributed by atoms with E-state index in [1.54, 1.807) is 29.6 Å². The van der Waals surface area contributed by atoms with Gasteiger partial charge in [0.15, 0.2) is 5.16 Å². The summed E-state index contributed by atoms with van der Waals surface area (Å²) < 4.78 is 1.67. The molecule has 0 aliphatic heterocycles. The van der Waals surface area contributed by atoms with Gasteiger partial charge in [0, 0.05) is 20.1 Å². The summed E-state index contributed by atoms with van der Waals surface area (Å²) in [6, 6.07) is 16.9. The molecular formula is C21H23N3O2S. The number of carbonyl (C=O) groups excluding carboxylic acids is 1. The lowest BCUT2D eigenvalue weighted by Gasteiger charge is -2.23. The number of likely N-dealkylation sites (N-methyl/N-ethyl adjacent to an activating group) is 1. The van der Waals surface area contributed by atoms with Gasteiger partial charge >= 0.3 is 0 Å². The maximum absolute atomic E-state index is 13.0. The summed E-state index contributed by atoms with van der Waals surface area (Å²) in [5, 5.41) is 0.669. The first-order valence-corrected chi connectivity index (χ1v) is 9.72. The van der Waals surface area contributed by atoms with E-state index in [2.05, 4.69) is 0 Å². The van der Waals surface area contributed by atoms with Crippen LogP contribution in [-0.4, -0.2) is 34.5 Å². The Bertz CT molecular complexity index is 1010. The Morgan fingerprint density at radius 2 is 1.67 bits per heavy atom. The highest BCUT2D eigenvalue weighted by Crippen LogP contribution is 2.36. The molecule has 0 bridgehead atoms. The topological polar surface area (TPSA) is 55.2 Å². The molecule has 0 aliphatic carbocycles. The minimum absolute atomic E-state index is 0.0380. The van der Waals surface area contributed by atoms with Crippen molar-refractivity contribution in [3.8, 4) is 0 Å². The highest BCUT2D eigenvalue weighted by Gasteiger charge is 2.26. The van der Waals surface area contributed by atoms with Crippen LogP contribution in [0.4, 0.5) is 0 Å². The van der Waals surface area contributed by atoms with Crippen molar-refractivity contribution in [3.05, 3.63) is 70.5 Å². The lowest BCUT2D eigenvalue weighted by molar-refractivity contribution is -0.128. The van der Waals surface area contributed by atoms with E-state index in [1.165, 1.54) is 11.8 Å². The molecule has 1 aromatic heterocycles. The Morgan fingerprint density at radius 1 is 1.04 bits per heavy atom. The van der Waals surface area contributed by atoms with Crippen LogP contribution in [0.15, 0.2) is 64.5 Å². The molecule has 1 amide bonds. The molecule has 0 radical (unpaired) electrons. The summed E-state index contributed by atoms with van der Waals surface area (Å²) in [5.41, 5.74) is 1.45. The fourth-order valence-electron chi connectivity index (χ4n) is 2.89. The van der Waals surface area contributed by atoms with Gasteiger partial charge in [0.05, 0.1) is 10.9 Å². The monoisotopic (exact) mass is 381 g/mol. The summed E-state index contributed by atoms with van der Waals surface area (Å²) in [4.78, 5) is 32.2. The molecule has 0 fully saturated rings. The second kappa shape index (κ2) is 7.96. The second-order valence-corrected chi connectivity index (χ2v) is 7.89. The van der Waals surface area contributed by atoms with Gasteiger partial charge in [-0.05, 0) is 31.5 Å². The lowest BCUT2D eigenvalue weighted by Crippen LogP contribution is -2.29. The first-order chi connectivity index (χ1) is 12.9. The van der Waals surface area contributed by atoms with E-state index in [-0.39, 0.29) is 17.5 Å². The van der Waals surface area contributed by atoms with Crippen LogP contribution in [0.1, 0.15) is 30.7 Å². The predicted octanol–water partition coefficient (Wildman–Crippen LogP) is 3.90. The highest BCUT2D eigenvalue weighted by atomic mass is 32.2. The molecule has 3 rings (SSSR count). The molecule has 6 heteroatoms. The third-order valence-electron chi connectivity index (χ3n) is 4.28. The molecule has 140 valence electrons. The van der Waals surface area contributed by atoms with Crippen molar-refractivity contribution in [1.29, 1.82) is 0 Å². The first-order valence-electron chi connectivity index (χ1n) is 8.84. The lowest BCUT2D eigenvalue weighted by atomic mass is 10.1. The number of rotatable bonds is 5. The minimum Gasteiger partial charge on any atom is -0.348 e. The Hall–Kier alpha value is -2.60. The fourth-order valence-corrected chi connectivity index (χ4v) is 4.27. The zero-order chi connectivity index (χ0) is 19.6. The van der Waals surface area contributed by atoms with Crippen LogP contribution in [0.3, 0.4) is 0 Å². The van der Waals surface area contributed by atoms with Crippen LogP contribution in [0.25, 0.3) is 10.9 Å². The van der Waals surface area contributed by atoms with Gasteiger partial charge in [-0.15, -0.1) is 0 Å². The number of thioether (sulfide) groups is 1. The Morgan fingerprint density at radius 3 is 2.30 bits per heavy atom. The quantitative estimate of drug-likeness (QED) is 0.497. The van der Waals surface area contributed by atoms with Crippen LogP contribution in [0.2, 0.25) is 0 Å². The molecule has 0 saturated carbocycles. The largest absolute Gasteiger partial charge is 0.348 e. The number of hydrogen-bond donors (Lipinski definition) is 0. The molecule has 1 atom stereocenters. The minimum atomic E-state index is -0.473. The van der Waals surface area contributed by atoms with Gasteiger partial charge in [0.25, 0.3) is 5.56 Å². The molecule has 0 spiro atoms. The summed E-state index contributed by atoms with van der Waals surface area (Å²) in [5.74, 6) is -0.0380. The van der Waals surface area contributed by atoms with Crippen molar-refractivity contribution in [2.75, 3.05) is 14.1 Å². The molecular weight excluding hydrogens is 358 g/mol. The molecule has 1 heterocycles.